The minimum absolute atomic E-state index is 0.505. The van der Waals surface area contributed by atoms with E-state index in [2.05, 4.69) is 4.98 Å². The molecule has 166 valence electrons. The number of aromatic nitrogens is 2. The van der Waals surface area contributed by atoms with Crippen LogP contribution in [0.25, 0.3) is 10.2 Å². The molecule has 1 unspecified atom stereocenters. The van der Waals surface area contributed by atoms with Gasteiger partial charge >= 0.3 is 0 Å². The number of rotatable bonds is 9. The summed E-state index contributed by atoms with van der Waals surface area (Å²) < 4.78 is 17.9. The predicted molar refractivity (Wildman–Crippen MR) is 126 cm³/mol. The molecule has 2 aromatic carbocycles. The zero-order valence-electron chi connectivity index (χ0n) is 18.4. The van der Waals surface area contributed by atoms with Crippen LogP contribution in [0.1, 0.15) is 37.3 Å². The smallest absolute Gasteiger partial charge is 0.146 e. The lowest BCUT2D eigenvalue weighted by Crippen LogP contribution is -2.28. The summed E-state index contributed by atoms with van der Waals surface area (Å²) in [7, 11) is 1.63. The summed E-state index contributed by atoms with van der Waals surface area (Å²) in [6.45, 7) is 4.46. The van der Waals surface area contributed by atoms with Gasteiger partial charge in [-0.15, -0.1) is 11.3 Å². The Bertz CT molecular complexity index is 1190. The van der Waals surface area contributed by atoms with Crippen molar-refractivity contribution in [3.05, 3.63) is 71.5 Å². The number of ether oxygens (including phenoxy) is 3. The molecule has 0 radical (unpaired) electrons. The average Bonchev–Trinajstić information content (AvgIpc) is 3.24. The Hall–Kier alpha value is -3.16. The summed E-state index contributed by atoms with van der Waals surface area (Å²) in [5, 5.41) is 12.4. The highest BCUT2D eigenvalue weighted by Crippen LogP contribution is 2.42. The van der Waals surface area contributed by atoms with Crippen LogP contribution in [0, 0.1) is 0 Å². The highest BCUT2D eigenvalue weighted by Gasteiger charge is 2.37. The number of aliphatic hydroxyl groups is 1. The van der Waals surface area contributed by atoms with Gasteiger partial charge in [-0.1, -0.05) is 13.3 Å². The third kappa shape index (κ3) is 4.40. The van der Waals surface area contributed by atoms with Crippen molar-refractivity contribution in [1.82, 2.24) is 9.97 Å². The minimum atomic E-state index is -1.28. The van der Waals surface area contributed by atoms with Crippen LogP contribution in [0.15, 0.2) is 60.9 Å². The first kappa shape index (κ1) is 22.0. The van der Waals surface area contributed by atoms with Gasteiger partial charge < -0.3 is 19.3 Å². The van der Waals surface area contributed by atoms with E-state index in [0.717, 1.165) is 22.4 Å². The number of hydrogen-bond donors (Lipinski definition) is 1. The zero-order valence-corrected chi connectivity index (χ0v) is 19.2. The molecule has 1 N–H and O–H groups in total. The van der Waals surface area contributed by atoms with Crippen LogP contribution in [-0.4, -0.2) is 28.8 Å². The van der Waals surface area contributed by atoms with Gasteiger partial charge in [-0.3, -0.25) is 4.98 Å². The van der Waals surface area contributed by atoms with Gasteiger partial charge in [0.25, 0.3) is 0 Å². The highest BCUT2D eigenvalue weighted by molar-refractivity contribution is 7.18. The van der Waals surface area contributed by atoms with Crippen LogP contribution >= 0.6 is 11.3 Å². The van der Waals surface area contributed by atoms with Gasteiger partial charge in [-0.2, -0.15) is 0 Å². The Morgan fingerprint density at radius 1 is 1.00 bits per heavy atom. The number of thiazole rings is 1. The molecule has 0 saturated carbocycles. The van der Waals surface area contributed by atoms with E-state index in [1.807, 2.05) is 56.3 Å². The standard InChI is InChI=1S/C25H26N2O4S/c1-4-13-25(28,20-16-26-14-12-22(20)30-5-2)24-27-21-11-10-19(15-23(21)32-24)31-18-8-6-17(29-3)7-9-18/h6-12,14-16,28H,4-5,13H2,1-3H3. The first-order valence-electron chi connectivity index (χ1n) is 10.6. The summed E-state index contributed by atoms with van der Waals surface area (Å²) in [6, 6.07) is 14.9. The molecule has 0 aliphatic heterocycles. The van der Waals surface area contributed by atoms with Gasteiger partial charge in [0.15, 0.2) is 0 Å². The van der Waals surface area contributed by atoms with Crippen LogP contribution in [0.3, 0.4) is 0 Å². The van der Waals surface area contributed by atoms with E-state index in [0.29, 0.717) is 40.8 Å². The quantitative estimate of drug-likeness (QED) is 0.341. The molecule has 32 heavy (non-hydrogen) atoms. The second-order valence-corrected chi connectivity index (χ2v) is 8.37. The Morgan fingerprint density at radius 3 is 2.47 bits per heavy atom. The first-order chi connectivity index (χ1) is 15.6. The number of hydrogen-bond acceptors (Lipinski definition) is 7. The van der Waals surface area contributed by atoms with Crippen LogP contribution in [0.4, 0.5) is 0 Å². The van der Waals surface area contributed by atoms with Gasteiger partial charge in [0.05, 0.1) is 29.5 Å². The molecule has 4 rings (SSSR count). The van der Waals surface area contributed by atoms with Crippen molar-refractivity contribution >= 4 is 21.6 Å². The normalized spacial score (nSPS) is 13.0. The fourth-order valence-corrected chi connectivity index (χ4v) is 4.74. The Labute approximate surface area is 191 Å². The van der Waals surface area contributed by atoms with Crippen molar-refractivity contribution in [1.29, 1.82) is 0 Å². The lowest BCUT2D eigenvalue weighted by atomic mass is 9.90. The van der Waals surface area contributed by atoms with E-state index in [1.165, 1.54) is 11.3 Å². The average molecular weight is 451 g/mol. The second-order valence-electron chi connectivity index (χ2n) is 7.34. The van der Waals surface area contributed by atoms with Gasteiger partial charge in [-0.25, -0.2) is 4.98 Å². The van der Waals surface area contributed by atoms with Crippen molar-refractivity contribution in [3.63, 3.8) is 0 Å². The Balaban J connectivity index is 1.69. The highest BCUT2D eigenvalue weighted by atomic mass is 32.1. The SMILES string of the molecule is CCCC(O)(c1nc2ccc(Oc3ccc(OC)cc3)cc2s1)c1cnccc1OCC. The van der Waals surface area contributed by atoms with Crippen molar-refractivity contribution in [2.24, 2.45) is 0 Å². The van der Waals surface area contributed by atoms with E-state index >= 15 is 0 Å². The number of benzene rings is 2. The van der Waals surface area contributed by atoms with E-state index in [-0.39, 0.29) is 0 Å². The lowest BCUT2D eigenvalue weighted by molar-refractivity contribution is 0.0663. The summed E-state index contributed by atoms with van der Waals surface area (Å²) in [6.07, 6.45) is 4.62. The van der Waals surface area contributed by atoms with Crippen molar-refractivity contribution in [2.45, 2.75) is 32.3 Å². The van der Waals surface area contributed by atoms with E-state index in [4.69, 9.17) is 19.2 Å². The monoisotopic (exact) mass is 450 g/mol. The van der Waals surface area contributed by atoms with Gasteiger partial charge in [0, 0.05) is 18.5 Å². The zero-order chi connectivity index (χ0) is 22.6. The molecule has 0 spiro atoms. The maximum atomic E-state index is 11.8. The fraction of sp³-hybridized carbons (Fsp3) is 0.280. The number of nitrogens with zero attached hydrogens (tertiary/aromatic N) is 2. The molecule has 6 nitrogen and oxygen atoms in total. The molecule has 4 aromatic rings. The van der Waals surface area contributed by atoms with Crippen LogP contribution in [0.5, 0.6) is 23.0 Å². The number of pyridine rings is 1. The first-order valence-corrected chi connectivity index (χ1v) is 11.4. The lowest BCUT2D eigenvalue weighted by Gasteiger charge is -2.27. The molecular weight excluding hydrogens is 424 g/mol. The van der Waals surface area contributed by atoms with Crippen LogP contribution in [-0.2, 0) is 5.60 Å². The predicted octanol–water partition coefficient (Wildman–Crippen LogP) is 5.93. The largest absolute Gasteiger partial charge is 0.497 e. The molecule has 2 heterocycles. The summed E-state index contributed by atoms with van der Waals surface area (Å²) >= 11 is 1.45. The summed E-state index contributed by atoms with van der Waals surface area (Å²) in [5.41, 5.74) is 0.162. The van der Waals surface area contributed by atoms with Crippen LogP contribution < -0.4 is 14.2 Å². The summed E-state index contributed by atoms with van der Waals surface area (Å²) in [5.74, 6) is 2.82. The third-order valence-electron chi connectivity index (χ3n) is 5.15. The van der Waals surface area contributed by atoms with E-state index in [1.54, 1.807) is 25.6 Å². The number of methoxy groups -OCH3 is 1. The fourth-order valence-electron chi connectivity index (χ4n) is 3.62. The molecule has 0 aliphatic carbocycles. The van der Waals surface area contributed by atoms with Crippen molar-refractivity contribution in [2.75, 3.05) is 13.7 Å². The van der Waals surface area contributed by atoms with Crippen molar-refractivity contribution in [3.8, 4) is 23.0 Å². The Morgan fingerprint density at radius 2 is 1.75 bits per heavy atom. The third-order valence-corrected chi connectivity index (χ3v) is 6.32. The maximum Gasteiger partial charge on any atom is 0.146 e. The summed E-state index contributed by atoms with van der Waals surface area (Å²) in [4.78, 5) is 9.00. The van der Waals surface area contributed by atoms with Gasteiger partial charge in [0.1, 0.15) is 33.6 Å². The second kappa shape index (κ2) is 9.54. The van der Waals surface area contributed by atoms with Gasteiger partial charge in [0.2, 0.25) is 0 Å². The number of fused-ring (bicyclic) bond motifs is 1. The topological polar surface area (TPSA) is 73.7 Å². The molecular formula is C25H26N2O4S. The van der Waals surface area contributed by atoms with Crippen LogP contribution in [0.2, 0.25) is 0 Å². The van der Waals surface area contributed by atoms with Crippen molar-refractivity contribution < 1.29 is 19.3 Å². The molecule has 0 aliphatic rings. The minimum Gasteiger partial charge on any atom is -0.497 e. The molecule has 0 saturated heterocycles. The molecule has 0 fully saturated rings. The van der Waals surface area contributed by atoms with E-state index < -0.39 is 5.60 Å². The molecule has 0 bridgehead atoms. The molecule has 2 aromatic heterocycles. The maximum absolute atomic E-state index is 11.8. The van der Waals surface area contributed by atoms with E-state index in [9.17, 15) is 5.11 Å². The molecule has 1 atom stereocenters. The Kier molecular flexibility index (Phi) is 6.58. The molecule has 0 amide bonds. The molecule has 7 heteroatoms. The van der Waals surface area contributed by atoms with Gasteiger partial charge in [-0.05, 0) is 55.8 Å².